The first-order valence-electron chi connectivity index (χ1n) is 8.12. The molecule has 0 bridgehead atoms. The molecule has 0 spiro atoms. The van der Waals surface area contributed by atoms with Gasteiger partial charge in [0.25, 0.3) is 0 Å². The van der Waals surface area contributed by atoms with Crippen molar-refractivity contribution in [2.24, 2.45) is 0 Å². The van der Waals surface area contributed by atoms with Gasteiger partial charge in [-0.3, -0.25) is 0 Å². The quantitative estimate of drug-likeness (QED) is 0.901. The maximum Gasteiger partial charge on any atom is 0.0954 e. The molecule has 1 unspecified atom stereocenters. The van der Waals surface area contributed by atoms with Crippen LogP contribution in [0.2, 0.25) is 0 Å². The average molecular weight is 261 g/mol. The molecule has 1 heterocycles. The Kier molecular flexibility index (Phi) is 4.21. The molecule has 2 aliphatic rings. The fourth-order valence-corrected chi connectivity index (χ4v) is 3.61. The molecule has 1 fully saturated rings. The Bertz CT molecular complexity index is 404. The minimum absolute atomic E-state index is 0.538. The summed E-state index contributed by atoms with van der Waals surface area (Å²) in [5.41, 5.74) is 2.86. The van der Waals surface area contributed by atoms with Crippen LogP contribution in [-0.2, 0) is 12.8 Å². The summed E-state index contributed by atoms with van der Waals surface area (Å²) in [7, 11) is 0. The number of hydrogen-bond acceptors (Lipinski definition) is 2. The summed E-state index contributed by atoms with van der Waals surface area (Å²) >= 11 is 0. The molecule has 3 rings (SSSR count). The first-order valence-corrected chi connectivity index (χ1v) is 8.12. The van der Waals surface area contributed by atoms with Crippen molar-refractivity contribution in [1.82, 2.24) is 14.9 Å². The van der Waals surface area contributed by atoms with Crippen LogP contribution in [0.4, 0.5) is 0 Å². The highest BCUT2D eigenvalue weighted by Crippen LogP contribution is 2.23. The Morgan fingerprint density at radius 3 is 2.84 bits per heavy atom. The maximum absolute atomic E-state index is 4.61. The van der Waals surface area contributed by atoms with Crippen molar-refractivity contribution in [3.63, 3.8) is 0 Å². The lowest BCUT2D eigenvalue weighted by molar-refractivity contribution is 0.348. The van der Waals surface area contributed by atoms with Gasteiger partial charge in [-0.25, -0.2) is 4.98 Å². The van der Waals surface area contributed by atoms with Crippen LogP contribution in [0.15, 0.2) is 6.33 Å². The van der Waals surface area contributed by atoms with E-state index in [1.807, 2.05) is 0 Å². The predicted molar refractivity (Wildman–Crippen MR) is 78.5 cm³/mol. The minimum Gasteiger partial charge on any atom is -0.330 e. The number of aromatic nitrogens is 2. The maximum atomic E-state index is 4.61. The third-order valence-electron chi connectivity index (χ3n) is 4.84. The summed E-state index contributed by atoms with van der Waals surface area (Å²) in [6, 6.07) is 1.30. The third-order valence-corrected chi connectivity index (χ3v) is 4.84. The Morgan fingerprint density at radius 1 is 1.21 bits per heavy atom. The number of fused-ring (bicyclic) bond motifs is 1. The molecule has 0 saturated heterocycles. The second kappa shape index (κ2) is 6.08. The van der Waals surface area contributed by atoms with Gasteiger partial charge in [-0.1, -0.05) is 19.3 Å². The lowest BCUT2D eigenvalue weighted by atomic mass is 9.95. The Balaban J connectivity index is 1.57. The summed E-state index contributed by atoms with van der Waals surface area (Å²) in [6.07, 6.45) is 14.1. The van der Waals surface area contributed by atoms with Gasteiger partial charge in [0.15, 0.2) is 0 Å². The van der Waals surface area contributed by atoms with Crippen LogP contribution in [0.3, 0.4) is 0 Å². The van der Waals surface area contributed by atoms with Crippen molar-refractivity contribution in [3.8, 4) is 0 Å². The van der Waals surface area contributed by atoms with Gasteiger partial charge < -0.3 is 9.88 Å². The van der Waals surface area contributed by atoms with E-state index < -0.39 is 0 Å². The highest BCUT2D eigenvalue weighted by atomic mass is 15.1. The zero-order valence-electron chi connectivity index (χ0n) is 12.2. The Labute approximate surface area is 116 Å². The molecular formula is C16H27N3. The van der Waals surface area contributed by atoms with E-state index in [0.717, 1.165) is 12.6 Å². The van der Waals surface area contributed by atoms with Gasteiger partial charge in [-0.2, -0.15) is 0 Å². The average Bonchev–Trinajstić information content (AvgIpc) is 2.90. The lowest BCUT2D eigenvalue weighted by Gasteiger charge is -2.26. The van der Waals surface area contributed by atoms with Crippen LogP contribution in [0.1, 0.15) is 69.3 Å². The van der Waals surface area contributed by atoms with E-state index in [9.17, 15) is 0 Å². The fourth-order valence-electron chi connectivity index (χ4n) is 3.61. The van der Waals surface area contributed by atoms with Crippen molar-refractivity contribution in [2.75, 3.05) is 6.54 Å². The third kappa shape index (κ3) is 3.02. The van der Waals surface area contributed by atoms with E-state index in [2.05, 4.69) is 28.1 Å². The molecular weight excluding hydrogens is 234 g/mol. The highest BCUT2D eigenvalue weighted by molar-refractivity contribution is 5.17. The van der Waals surface area contributed by atoms with Crippen molar-refractivity contribution >= 4 is 0 Å². The van der Waals surface area contributed by atoms with E-state index in [0.29, 0.717) is 6.04 Å². The number of nitrogens with one attached hydrogen (secondary N) is 1. The van der Waals surface area contributed by atoms with Crippen LogP contribution >= 0.6 is 0 Å². The molecule has 1 aromatic heterocycles. The van der Waals surface area contributed by atoms with Crippen molar-refractivity contribution in [3.05, 3.63) is 17.7 Å². The zero-order chi connectivity index (χ0) is 13.1. The summed E-state index contributed by atoms with van der Waals surface area (Å²) in [6.45, 7) is 3.42. The summed E-state index contributed by atoms with van der Waals surface area (Å²) in [5.74, 6) is 0. The summed E-state index contributed by atoms with van der Waals surface area (Å²) in [4.78, 5) is 4.61. The zero-order valence-corrected chi connectivity index (χ0v) is 12.2. The van der Waals surface area contributed by atoms with Gasteiger partial charge in [0, 0.05) is 24.3 Å². The minimum atomic E-state index is 0.538. The summed E-state index contributed by atoms with van der Waals surface area (Å²) < 4.78 is 2.42. The van der Waals surface area contributed by atoms with Crippen LogP contribution in [0, 0.1) is 0 Å². The molecule has 106 valence electrons. The number of imidazole rings is 1. The van der Waals surface area contributed by atoms with Crippen molar-refractivity contribution in [2.45, 2.75) is 76.8 Å². The molecule has 0 aromatic carbocycles. The number of nitrogens with zero attached hydrogens (tertiary/aromatic N) is 2. The topological polar surface area (TPSA) is 29.9 Å². The van der Waals surface area contributed by atoms with E-state index in [1.54, 1.807) is 0 Å². The van der Waals surface area contributed by atoms with Gasteiger partial charge in [0.2, 0.25) is 0 Å². The second-order valence-electron chi connectivity index (χ2n) is 6.34. The van der Waals surface area contributed by atoms with E-state index in [1.165, 1.54) is 69.2 Å². The van der Waals surface area contributed by atoms with Gasteiger partial charge in [0.05, 0.1) is 12.0 Å². The Hall–Kier alpha value is -0.830. The summed E-state index contributed by atoms with van der Waals surface area (Å²) in [5, 5.41) is 3.77. The van der Waals surface area contributed by atoms with Crippen LogP contribution in [-0.4, -0.2) is 22.1 Å². The number of rotatable bonds is 4. The molecule has 1 aromatic rings. The monoisotopic (exact) mass is 261 g/mol. The van der Waals surface area contributed by atoms with Gasteiger partial charge in [-0.15, -0.1) is 0 Å². The molecule has 3 nitrogen and oxygen atoms in total. The molecule has 0 radical (unpaired) electrons. The van der Waals surface area contributed by atoms with Crippen molar-refractivity contribution < 1.29 is 0 Å². The molecule has 3 heteroatoms. The molecule has 2 aliphatic carbocycles. The van der Waals surface area contributed by atoms with Crippen LogP contribution in [0.25, 0.3) is 0 Å². The molecule has 19 heavy (non-hydrogen) atoms. The molecule has 0 amide bonds. The van der Waals surface area contributed by atoms with Gasteiger partial charge in [-0.05, 0) is 45.4 Å². The van der Waals surface area contributed by atoms with Gasteiger partial charge in [0.1, 0.15) is 0 Å². The number of aryl methyl sites for hydroxylation is 1. The molecule has 0 aliphatic heterocycles. The standard InChI is InChI=1S/C16H27N3/c1-13(11-17-14-7-3-2-4-8-14)19-12-18-15-9-5-6-10-16(15)19/h12-14,17H,2-11H2,1H3. The SMILES string of the molecule is CC(CNC1CCCCC1)n1cnc2c1CCCC2. The van der Waals surface area contributed by atoms with E-state index in [-0.39, 0.29) is 0 Å². The normalized spacial score (nSPS) is 22.2. The fraction of sp³-hybridized carbons (Fsp3) is 0.812. The van der Waals surface area contributed by atoms with Gasteiger partial charge >= 0.3 is 0 Å². The highest BCUT2D eigenvalue weighted by Gasteiger charge is 2.19. The van der Waals surface area contributed by atoms with Crippen molar-refractivity contribution in [1.29, 1.82) is 0 Å². The second-order valence-corrected chi connectivity index (χ2v) is 6.34. The largest absolute Gasteiger partial charge is 0.330 e. The predicted octanol–water partition coefficient (Wildman–Crippen LogP) is 3.25. The smallest absolute Gasteiger partial charge is 0.0954 e. The Morgan fingerprint density at radius 2 is 2.00 bits per heavy atom. The number of hydrogen-bond donors (Lipinski definition) is 1. The van der Waals surface area contributed by atoms with E-state index >= 15 is 0 Å². The molecule has 1 N–H and O–H groups in total. The van der Waals surface area contributed by atoms with Crippen LogP contribution in [0.5, 0.6) is 0 Å². The lowest BCUT2D eigenvalue weighted by Crippen LogP contribution is -2.35. The van der Waals surface area contributed by atoms with Crippen LogP contribution < -0.4 is 5.32 Å². The molecule has 1 saturated carbocycles. The first-order chi connectivity index (χ1) is 9.34. The first kappa shape index (κ1) is 13.2. The van der Waals surface area contributed by atoms with E-state index in [4.69, 9.17) is 0 Å². The molecule has 1 atom stereocenters.